The van der Waals surface area contributed by atoms with Gasteiger partial charge in [-0.05, 0) is 38.1 Å². The molecule has 1 aliphatic heterocycles. The summed E-state index contributed by atoms with van der Waals surface area (Å²) in [4.78, 5) is 19.3. The fourth-order valence-corrected chi connectivity index (χ4v) is 4.89. The van der Waals surface area contributed by atoms with E-state index in [2.05, 4.69) is 39.7 Å². The Morgan fingerprint density at radius 2 is 1.97 bits per heavy atom. The standard InChI is InChI=1S/C20H24N4O4S2/c1-4-9-21-30(26,27)18-7-5-16(6-8-18)19(25)23-20-22-17(13-29-20)12-24-10-14(2)28-15(3)11-24/h1,5-8,13-15,21H,9-12H2,2-3H3,(H,22,23,25)/t14-,15-/m1/s1. The summed E-state index contributed by atoms with van der Waals surface area (Å²) in [5.41, 5.74) is 1.22. The van der Waals surface area contributed by atoms with Crippen LogP contribution in [0, 0.1) is 12.3 Å². The number of ether oxygens (including phenoxy) is 1. The minimum Gasteiger partial charge on any atom is -0.373 e. The van der Waals surface area contributed by atoms with Crippen LogP contribution in [0.15, 0.2) is 34.5 Å². The number of thiazole rings is 1. The number of sulfonamides is 1. The molecule has 2 atom stereocenters. The first-order valence-corrected chi connectivity index (χ1v) is 11.8. The molecule has 1 saturated heterocycles. The van der Waals surface area contributed by atoms with Crippen LogP contribution in [0.5, 0.6) is 0 Å². The predicted octanol–water partition coefficient (Wildman–Crippen LogP) is 1.92. The maximum atomic E-state index is 12.5. The second-order valence-electron chi connectivity index (χ2n) is 7.10. The third-order valence-corrected chi connectivity index (χ3v) is 6.67. The zero-order valence-electron chi connectivity index (χ0n) is 16.8. The van der Waals surface area contributed by atoms with E-state index in [1.807, 2.05) is 5.38 Å². The maximum Gasteiger partial charge on any atom is 0.257 e. The Bertz CT molecular complexity index is 1020. The molecular formula is C20H24N4O4S2. The van der Waals surface area contributed by atoms with Crippen molar-refractivity contribution in [2.24, 2.45) is 0 Å². The van der Waals surface area contributed by atoms with E-state index in [4.69, 9.17) is 11.2 Å². The molecule has 0 aliphatic carbocycles. The third-order valence-electron chi connectivity index (χ3n) is 4.44. The molecule has 1 amide bonds. The number of aromatic nitrogens is 1. The van der Waals surface area contributed by atoms with E-state index in [0.717, 1.165) is 18.8 Å². The van der Waals surface area contributed by atoms with Gasteiger partial charge < -0.3 is 4.74 Å². The van der Waals surface area contributed by atoms with Crippen LogP contribution >= 0.6 is 11.3 Å². The van der Waals surface area contributed by atoms with E-state index in [1.54, 1.807) is 0 Å². The van der Waals surface area contributed by atoms with Gasteiger partial charge in [-0.2, -0.15) is 4.72 Å². The van der Waals surface area contributed by atoms with Gasteiger partial charge in [-0.25, -0.2) is 13.4 Å². The summed E-state index contributed by atoms with van der Waals surface area (Å²) < 4.78 is 32.1. The molecule has 1 fully saturated rings. The number of nitrogens with zero attached hydrogens (tertiary/aromatic N) is 2. The highest BCUT2D eigenvalue weighted by atomic mass is 32.2. The summed E-state index contributed by atoms with van der Waals surface area (Å²) in [5.74, 6) is 1.86. The number of carbonyl (C=O) groups excluding carboxylic acids is 1. The largest absolute Gasteiger partial charge is 0.373 e. The number of morpholine rings is 1. The lowest BCUT2D eigenvalue weighted by molar-refractivity contribution is -0.0707. The molecule has 10 heteroatoms. The summed E-state index contributed by atoms with van der Waals surface area (Å²) in [6.07, 6.45) is 5.44. The Hall–Kier alpha value is -2.29. The van der Waals surface area contributed by atoms with Gasteiger partial charge in [0.25, 0.3) is 5.91 Å². The van der Waals surface area contributed by atoms with Crippen molar-refractivity contribution in [3.05, 3.63) is 40.9 Å². The molecule has 1 aliphatic rings. The van der Waals surface area contributed by atoms with E-state index < -0.39 is 10.0 Å². The molecule has 0 saturated carbocycles. The summed E-state index contributed by atoms with van der Waals surface area (Å²) in [6, 6.07) is 5.62. The van der Waals surface area contributed by atoms with Gasteiger partial charge in [0.15, 0.2) is 5.13 Å². The zero-order valence-corrected chi connectivity index (χ0v) is 18.4. The smallest absolute Gasteiger partial charge is 0.257 e. The molecule has 3 rings (SSSR count). The highest BCUT2D eigenvalue weighted by molar-refractivity contribution is 7.89. The number of rotatable bonds is 7. The third kappa shape index (κ3) is 5.87. The van der Waals surface area contributed by atoms with Gasteiger partial charge >= 0.3 is 0 Å². The van der Waals surface area contributed by atoms with Crippen molar-refractivity contribution >= 4 is 32.4 Å². The van der Waals surface area contributed by atoms with E-state index in [0.29, 0.717) is 17.2 Å². The average Bonchev–Trinajstić information content (AvgIpc) is 3.12. The molecule has 2 aromatic rings. The van der Waals surface area contributed by atoms with Gasteiger partial charge in [-0.1, -0.05) is 5.92 Å². The molecule has 2 N–H and O–H groups in total. The molecule has 160 valence electrons. The first kappa shape index (κ1) is 22.4. The van der Waals surface area contributed by atoms with Crippen molar-refractivity contribution in [3.8, 4) is 12.3 Å². The number of hydrogen-bond acceptors (Lipinski definition) is 7. The second kappa shape index (κ2) is 9.68. The number of anilines is 1. The van der Waals surface area contributed by atoms with E-state index in [9.17, 15) is 13.2 Å². The molecule has 8 nitrogen and oxygen atoms in total. The molecule has 0 spiro atoms. The van der Waals surface area contributed by atoms with Crippen molar-refractivity contribution in [1.82, 2.24) is 14.6 Å². The Balaban J connectivity index is 1.59. The lowest BCUT2D eigenvalue weighted by Crippen LogP contribution is -2.44. The summed E-state index contributed by atoms with van der Waals surface area (Å²) in [5, 5.41) is 5.18. The molecule has 1 aromatic carbocycles. The van der Waals surface area contributed by atoms with Crippen molar-refractivity contribution in [2.75, 3.05) is 25.0 Å². The van der Waals surface area contributed by atoms with Crippen molar-refractivity contribution < 1.29 is 17.9 Å². The topological polar surface area (TPSA) is 101 Å². The number of carbonyl (C=O) groups is 1. The maximum absolute atomic E-state index is 12.5. The molecule has 1 aromatic heterocycles. The Kier molecular flexibility index (Phi) is 7.23. The van der Waals surface area contributed by atoms with Gasteiger partial charge in [0.05, 0.1) is 29.3 Å². The first-order chi connectivity index (χ1) is 14.3. The summed E-state index contributed by atoms with van der Waals surface area (Å²) in [7, 11) is -3.69. The molecule has 0 unspecified atom stereocenters. The van der Waals surface area contributed by atoms with Gasteiger partial charge in [0, 0.05) is 30.6 Å². The first-order valence-electron chi connectivity index (χ1n) is 9.43. The zero-order chi connectivity index (χ0) is 21.7. The van der Waals surface area contributed by atoms with Crippen LogP contribution in [0.3, 0.4) is 0 Å². The van der Waals surface area contributed by atoms with Crippen molar-refractivity contribution in [1.29, 1.82) is 0 Å². The Morgan fingerprint density at radius 1 is 1.30 bits per heavy atom. The minimum absolute atomic E-state index is 0.0415. The molecule has 2 heterocycles. The fourth-order valence-electron chi connectivity index (χ4n) is 3.25. The van der Waals surface area contributed by atoms with Crippen molar-refractivity contribution in [3.63, 3.8) is 0 Å². The minimum atomic E-state index is -3.69. The lowest BCUT2D eigenvalue weighted by atomic mass is 10.2. The SMILES string of the molecule is C#CCNS(=O)(=O)c1ccc(C(=O)Nc2nc(CN3C[C@@H](C)O[C@H](C)C3)cs2)cc1. The quantitative estimate of drug-likeness (QED) is 0.628. The van der Waals surface area contributed by atoms with E-state index in [-0.39, 0.29) is 29.6 Å². The Morgan fingerprint density at radius 3 is 2.60 bits per heavy atom. The molecular weight excluding hydrogens is 424 g/mol. The number of nitrogens with one attached hydrogen (secondary N) is 2. The molecule has 30 heavy (non-hydrogen) atoms. The predicted molar refractivity (Wildman–Crippen MR) is 116 cm³/mol. The van der Waals surface area contributed by atoms with Crippen LogP contribution in [0.1, 0.15) is 29.9 Å². The van der Waals surface area contributed by atoms with Crippen molar-refractivity contribution in [2.45, 2.75) is 37.5 Å². The van der Waals surface area contributed by atoms with Gasteiger partial charge in [0.1, 0.15) is 0 Å². The van der Waals surface area contributed by atoms with E-state index in [1.165, 1.54) is 35.6 Å². The Labute approximate surface area is 180 Å². The number of terminal acetylenes is 1. The van der Waals surface area contributed by atoms with Crippen LogP contribution in [-0.2, 0) is 21.3 Å². The van der Waals surface area contributed by atoms with Crippen LogP contribution in [0.25, 0.3) is 0 Å². The fraction of sp³-hybridized carbons (Fsp3) is 0.400. The highest BCUT2D eigenvalue weighted by Crippen LogP contribution is 2.20. The van der Waals surface area contributed by atoms with Crippen LogP contribution in [0.2, 0.25) is 0 Å². The second-order valence-corrected chi connectivity index (χ2v) is 9.73. The average molecular weight is 449 g/mol. The molecule has 0 bridgehead atoms. The van der Waals surface area contributed by atoms with Gasteiger partial charge in [0.2, 0.25) is 10.0 Å². The highest BCUT2D eigenvalue weighted by Gasteiger charge is 2.23. The monoisotopic (exact) mass is 448 g/mol. The number of amides is 1. The normalized spacial score (nSPS) is 19.9. The lowest BCUT2D eigenvalue weighted by Gasteiger charge is -2.34. The summed E-state index contributed by atoms with van der Waals surface area (Å²) >= 11 is 1.35. The van der Waals surface area contributed by atoms with Crippen LogP contribution in [0.4, 0.5) is 5.13 Å². The van der Waals surface area contributed by atoms with Crippen LogP contribution in [-0.4, -0.2) is 56.1 Å². The molecule has 0 radical (unpaired) electrons. The van der Waals surface area contributed by atoms with E-state index >= 15 is 0 Å². The van der Waals surface area contributed by atoms with Gasteiger partial charge in [-0.15, -0.1) is 17.8 Å². The van der Waals surface area contributed by atoms with Gasteiger partial charge in [-0.3, -0.25) is 15.0 Å². The number of benzene rings is 1. The number of hydrogen-bond donors (Lipinski definition) is 2. The summed E-state index contributed by atoms with van der Waals surface area (Å²) in [6.45, 7) is 6.39. The van der Waals surface area contributed by atoms with Crippen LogP contribution < -0.4 is 10.0 Å².